The number of aliphatic hydroxyl groups is 3. The molecular weight excluding hydrogens is 392 g/mol. The maximum atomic E-state index is 10.5. The topological polar surface area (TPSA) is 79.2 Å². The first-order chi connectivity index (χ1) is 15.0. The fourth-order valence-electron chi connectivity index (χ4n) is 3.07. The maximum Gasteiger partial charge on any atom is 0.119 e. The molecule has 2 rings (SSSR count). The Labute approximate surface area is 185 Å². The summed E-state index contributed by atoms with van der Waals surface area (Å²) in [7, 11) is 0. The molecule has 5 nitrogen and oxygen atoms in total. The van der Waals surface area contributed by atoms with Gasteiger partial charge in [-0.25, -0.2) is 0 Å². The Kier molecular flexibility index (Phi) is 11.1. The molecule has 31 heavy (non-hydrogen) atoms. The van der Waals surface area contributed by atoms with Crippen molar-refractivity contribution in [1.82, 2.24) is 0 Å². The third-order valence-corrected chi connectivity index (χ3v) is 4.81. The molecule has 0 saturated carbocycles. The first kappa shape index (κ1) is 24.9. The van der Waals surface area contributed by atoms with Gasteiger partial charge in [0, 0.05) is 12.8 Å². The zero-order chi connectivity index (χ0) is 22.5. The molecule has 0 aliphatic carbocycles. The largest absolute Gasteiger partial charge is 0.491 e. The van der Waals surface area contributed by atoms with Crippen molar-refractivity contribution in [1.29, 1.82) is 0 Å². The molecule has 3 N–H and O–H groups in total. The average Bonchev–Trinajstić information content (AvgIpc) is 2.77. The lowest BCUT2D eigenvalue weighted by Crippen LogP contribution is -2.17. The number of rotatable bonds is 13. The Morgan fingerprint density at radius 3 is 2.55 bits per heavy atom. The highest BCUT2D eigenvalue weighted by Crippen LogP contribution is 2.22. The molecule has 0 spiro atoms. The lowest BCUT2D eigenvalue weighted by atomic mass is 9.97. The van der Waals surface area contributed by atoms with E-state index in [0.717, 1.165) is 16.7 Å². The van der Waals surface area contributed by atoms with Gasteiger partial charge in [0.25, 0.3) is 0 Å². The number of hydrogen-bond acceptors (Lipinski definition) is 5. The molecule has 0 aliphatic heterocycles. The second-order valence-corrected chi connectivity index (χ2v) is 7.78. The van der Waals surface area contributed by atoms with Crippen molar-refractivity contribution >= 4 is 0 Å². The van der Waals surface area contributed by atoms with Crippen LogP contribution in [0.5, 0.6) is 5.75 Å². The van der Waals surface area contributed by atoms with Gasteiger partial charge in [0.05, 0.1) is 32.0 Å². The number of hydrogen-bond donors (Lipinski definition) is 3. The fourth-order valence-corrected chi connectivity index (χ4v) is 3.07. The number of ether oxygens (including phenoxy) is 2. The Morgan fingerprint density at radius 2 is 1.84 bits per heavy atom. The normalized spacial score (nSPS) is 12.8. The molecule has 168 valence electrons. The molecule has 0 saturated heterocycles. The molecule has 2 aromatic carbocycles. The van der Waals surface area contributed by atoms with Crippen molar-refractivity contribution in [3.8, 4) is 5.75 Å². The zero-order valence-electron chi connectivity index (χ0n) is 18.4. The van der Waals surface area contributed by atoms with Gasteiger partial charge in [0.2, 0.25) is 0 Å². The quantitative estimate of drug-likeness (QED) is 0.419. The van der Waals surface area contributed by atoms with E-state index in [4.69, 9.17) is 14.6 Å². The van der Waals surface area contributed by atoms with E-state index in [0.29, 0.717) is 25.2 Å². The van der Waals surface area contributed by atoms with E-state index in [-0.39, 0.29) is 25.7 Å². The summed E-state index contributed by atoms with van der Waals surface area (Å²) in [6.45, 7) is 5.02. The Hall–Kier alpha value is -2.40. The van der Waals surface area contributed by atoms with Crippen LogP contribution in [0, 0.1) is 5.92 Å². The van der Waals surface area contributed by atoms with Crippen LogP contribution in [-0.2, 0) is 11.3 Å². The second-order valence-electron chi connectivity index (χ2n) is 7.78. The van der Waals surface area contributed by atoms with Gasteiger partial charge in [-0.15, -0.1) is 5.73 Å². The lowest BCUT2D eigenvalue weighted by molar-refractivity contribution is 0.0280. The SMILES string of the molecule is CC(C)C(=C=CC[C@H](O)c1cccc(OCCO)c1)C[C@H](O)COCc1ccccc1. The van der Waals surface area contributed by atoms with Crippen LogP contribution in [0.1, 0.15) is 43.9 Å². The summed E-state index contributed by atoms with van der Waals surface area (Å²) >= 11 is 0. The summed E-state index contributed by atoms with van der Waals surface area (Å²) < 4.78 is 11.0. The van der Waals surface area contributed by atoms with Crippen LogP contribution in [0.15, 0.2) is 72.0 Å². The predicted molar refractivity (Wildman–Crippen MR) is 122 cm³/mol. The van der Waals surface area contributed by atoms with Crippen molar-refractivity contribution in [2.75, 3.05) is 19.8 Å². The van der Waals surface area contributed by atoms with Gasteiger partial charge < -0.3 is 24.8 Å². The van der Waals surface area contributed by atoms with Crippen LogP contribution < -0.4 is 4.74 Å². The molecule has 0 fully saturated rings. The Balaban J connectivity index is 1.88. The highest BCUT2D eigenvalue weighted by Gasteiger charge is 2.12. The van der Waals surface area contributed by atoms with Gasteiger partial charge in [-0.05, 0) is 40.8 Å². The monoisotopic (exact) mass is 426 g/mol. The highest BCUT2D eigenvalue weighted by molar-refractivity contribution is 5.30. The third-order valence-electron chi connectivity index (χ3n) is 4.81. The van der Waals surface area contributed by atoms with Gasteiger partial charge in [-0.2, -0.15) is 0 Å². The molecule has 0 radical (unpaired) electrons. The standard InChI is InChI=1S/C26H34O5/c1-20(2)22(16-24(28)19-30-18-21-8-4-3-5-9-21)10-7-13-26(29)23-11-6-12-25(17-23)31-15-14-27/h3-9,11-12,17,20,24,26-29H,13-16,18-19H2,1-2H3/t10?,24-,26-/m0/s1. The van der Waals surface area contributed by atoms with Crippen molar-refractivity contribution < 1.29 is 24.8 Å². The van der Waals surface area contributed by atoms with E-state index < -0.39 is 12.2 Å². The van der Waals surface area contributed by atoms with E-state index in [9.17, 15) is 10.2 Å². The van der Waals surface area contributed by atoms with Gasteiger partial charge in [0.1, 0.15) is 12.4 Å². The van der Waals surface area contributed by atoms with Crippen LogP contribution in [0.3, 0.4) is 0 Å². The van der Waals surface area contributed by atoms with E-state index in [1.165, 1.54) is 0 Å². The molecule has 0 aromatic heterocycles. The van der Waals surface area contributed by atoms with Crippen molar-refractivity contribution in [3.05, 3.63) is 83.1 Å². The summed E-state index contributed by atoms with van der Waals surface area (Å²) in [5, 5.41) is 29.7. The minimum atomic E-state index is -0.683. The molecule has 2 aromatic rings. The van der Waals surface area contributed by atoms with Crippen LogP contribution >= 0.6 is 0 Å². The highest BCUT2D eigenvalue weighted by atomic mass is 16.5. The van der Waals surface area contributed by atoms with E-state index in [2.05, 4.69) is 19.6 Å². The summed E-state index contributed by atoms with van der Waals surface area (Å²) in [6, 6.07) is 17.1. The maximum absolute atomic E-state index is 10.5. The minimum Gasteiger partial charge on any atom is -0.491 e. The first-order valence-electron chi connectivity index (χ1n) is 10.7. The molecule has 0 bridgehead atoms. The summed E-state index contributed by atoms with van der Waals surface area (Å²) in [5.41, 5.74) is 6.07. The van der Waals surface area contributed by atoms with Gasteiger partial charge >= 0.3 is 0 Å². The van der Waals surface area contributed by atoms with E-state index >= 15 is 0 Å². The van der Waals surface area contributed by atoms with E-state index in [1.807, 2.05) is 48.5 Å². The summed E-state index contributed by atoms with van der Waals surface area (Å²) in [5.74, 6) is 0.846. The van der Waals surface area contributed by atoms with Crippen molar-refractivity contribution in [3.63, 3.8) is 0 Å². The molecule has 0 heterocycles. The van der Waals surface area contributed by atoms with Crippen LogP contribution in [-0.4, -0.2) is 41.2 Å². The number of aliphatic hydroxyl groups excluding tert-OH is 3. The van der Waals surface area contributed by atoms with Gasteiger partial charge in [-0.3, -0.25) is 0 Å². The molecular formula is C26H34O5. The number of benzene rings is 2. The van der Waals surface area contributed by atoms with Gasteiger partial charge in [-0.1, -0.05) is 56.3 Å². The predicted octanol–water partition coefficient (Wildman–Crippen LogP) is 4.19. The van der Waals surface area contributed by atoms with Crippen LogP contribution in [0.25, 0.3) is 0 Å². The molecule has 0 amide bonds. The van der Waals surface area contributed by atoms with Crippen molar-refractivity contribution in [2.24, 2.45) is 5.92 Å². The average molecular weight is 427 g/mol. The van der Waals surface area contributed by atoms with Crippen LogP contribution in [0.2, 0.25) is 0 Å². The van der Waals surface area contributed by atoms with E-state index in [1.54, 1.807) is 12.1 Å². The molecule has 0 unspecified atom stereocenters. The molecule has 2 atom stereocenters. The third kappa shape index (κ3) is 9.52. The summed E-state index contributed by atoms with van der Waals surface area (Å²) in [4.78, 5) is 0. The second kappa shape index (κ2) is 13.8. The smallest absolute Gasteiger partial charge is 0.119 e. The van der Waals surface area contributed by atoms with Gasteiger partial charge in [0.15, 0.2) is 0 Å². The molecule has 0 aliphatic rings. The molecule has 5 heteroatoms. The summed E-state index contributed by atoms with van der Waals surface area (Å²) in [6.07, 6.45) is 1.41. The zero-order valence-corrected chi connectivity index (χ0v) is 18.4. The van der Waals surface area contributed by atoms with Crippen LogP contribution in [0.4, 0.5) is 0 Å². The van der Waals surface area contributed by atoms with Crippen molar-refractivity contribution in [2.45, 2.75) is 45.5 Å². The lowest BCUT2D eigenvalue weighted by Gasteiger charge is -2.15. The Morgan fingerprint density at radius 1 is 1.06 bits per heavy atom. The minimum absolute atomic E-state index is 0.0541. The first-order valence-corrected chi connectivity index (χ1v) is 10.7. The Bertz CT molecular complexity index is 825. The fraction of sp³-hybridized carbons (Fsp3) is 0.423.